The van der Waals surface area contributed by atoms with Crippen LogP contribution < -0.4 is 21.0 Å². The molecule has 4 atom stereocenters. The first-order chi connectivity index (χ1) is 12.9. The third kappa shape index (κ3) is 4.75. The minimum absolute atomic E-state index is 0.0470. The van der Waals surface area contributed by atoms with Crippen LogP contribution in [-0.2, 0) is 13.8 Å². The molecule has 1 aliphatic heterocycles. The van der Waals surface area contributed by atoms with Gasteiger partial charge >= 0.3 is 13.4 Å². The minimum Gasteiger partial charge on any atom is -0.413 e. The quantitative estimate of drug-likeness (QED) is 0.686. The van der Waals surface area contributed by atoms with Crippen LogP contribution in [0.4, 0.5) is 5.82 Å². The van der Waals surface area contributed by atoms with Crippen LogP contribution in [0.5, 0.6) is 5.75 Å². The van der Waals surface area contributed by atoms with Crippen LogP contribution in [0.1, 0.15) is 19.6 Å². The van der Waals surface area contributed by atoms with Gasteiger partial charge in [0, 0.05) is 12.1 Å². The first kappa shape index (κ1) is 19.6. The van der Waals surface area contributed by atoms with E-state index < -0.39 is 19.7 Å². The van der Waals surface area contributed by atoms with Crippen molar-refractivity contribution in [2.24, 2.45) is 5.92 Å². The highest BCUT2D eigenvalue weighted by Gasteiger charge is 2.36. The maximum Gasteiger partial charge on any atom is 0.458 e. The van der Waals surface area contributed by atoms with Gasteiger partial charge in [0.2, 0.25) is 0 Å². The second-order valence-corrected chi connectivity index (χ2v) is 8.21. The van der Waals surface area contributed by atoms with Gasteiger partial charge in [0.1, 0.15) is 17.8 Å². The molecular formula is C17H23N4O5P. The maximum atomic E-state index is 12.7. The van der Waals surface area contributed by atoms with Crippen LogP contribution in [0.2, 0.25) is 0 Å². The van der Waals surface area contributed by atoms with Gasteiger partial charge in [-0.25, -0.2) is 14.4 Å². The van der Waals surface area contributed by atoms with Gasteiger partial charge in [0.25, 0.3) is 0 Å². The predicted octanol–water partition coefficient (Wildman–Crippen LogP) is 2.17. The Balaban J connectivity index is 1.63. The van der Waals surface area contributed by atoms with E-state index in [1.807, 2.05) is 13.0 Å². The number of hydrogen-bond donors (Lipinski definition) is 2. The molecule has 0 saturated carbocycles. The zero-order valence-electron chi connectivity index (χ0n) is 15.1. The summed E-state index contributed by atoms with van der Waals surface area (Å²) in [4.78, 5) is 15.8. The fourth-order valence-corrected chi connectivity index (χ4v) is 3.96. The molecule has 10 heteroatoms. The SMILES string of the molecule is CNP(=O)(OCC1CC(C)C(n2ccc(N)nc2=O)O1)Oc1ccccc1. The number of nitrogens with two attached hydrogens (primary N) is 1. The van der Waals surface area contributed by atoms with Crippen molar-refractivity contribution in [3.8, 4) is 5.75 Å². The standard InChI is InChI=1S/C17H23N4O5P/c1-12-10-14(25-16(12)21-9-8-15(18)20-17(21)22)11-24-27(23,19-2)26-13-6-4-3-5-7-13/h3-9,12,14,16H,10-11H2,1-2H3,(H,19,23)(H2,18,20,22). The second-order valence-electron chi connectivity index (χ2n) is 6.33. The van der Waals surface area contributed by atoms with Crippen LogP contribution in [0.3, 0.4) is 0 Å². The van der Waals surface area contributed by atoms with Gasteiger partial charge in [-0.1, -0.05) is 25.1 Å². The molecule has 0 amide bonds. The molecule has 1 aromatic heterocycles. The number of nitrogens with zero attached hydrogens (tertiary/aromatic N) is 2. The lowest BCUT2D eigenvalue weighted by Gasteiger charge is -2.21. The topological polar surface area (TPSA) is 118 Å². The normalized spacial score (nSPS) is 24.4. The van der Waals surface area contributed by atoms with E-state index in [0.29, 0.717) is 12.2 Å². The summed E-state index contributed by atoms with van der Waals surface area (Å²) in [6.07, 6.45) is 1.38. The Kier molecular flexibility index (Phi) is 5.96. The molecule has 4 unspecified atom stereocenters. The van der Waals surface area contributed by atoms with Crippen LogP contribution in [-0.4, -0.2) is 29.3 Å². The average Bonchev–Trinajstić information content (AvgIpc) is 3.01. The molecule has 0 aliphatic carbocycles. The van der Waals surface area contributed by atoms with Crippen molar-refractivity contribution in [3.05, 3.63) is 53.1 Å². The van der Waals surface area contributed by atoms with E-state index in [-0.39, 0.29) is 24.4 Å². The number of hydrogen-bond acceptors (Lipinski definition) is 7. The Bertz CT molecular complexity index is 875. The molecule has 27 heavy (non-hydrogen) atoms. The fourth-order valence-electron chi connectivity index (χ4n) is 2.92. The number of benzene rings is 1. The van der Waals surface area contributed by atoms with E-state index in [0.717, 1.165) is 0 Å². The van der Waals surface area contributed by atoms with Crippen molar-refractivity contribution in [1.82, 2.24) is 14.6 Å². The third-order valence-corrected chi connectivity index (χ3v) is 5.74. The molecule has 2 heterocycles. The number of anilines is 1. The van der Waals surface area contributed by atoms with Crippen molar-refractivity contribution in [2.45, 2.75) is 25.7 Å². The highest BCUT2D eigenvalue weighted by molar-refractivity contribution is 7.52. The molecule has 0 bridgehead atoms. The number of ether oxygens (including phenoxy) is 1. The van der Waals surface area contributed by atoms with E-state index >= 15 is 0 Å². The highest BCUT2D eigenvalue weighted by Crippen LogP contribution is 2.45. The molecule has 9 nitrogen and oxygen atoms in total. The van der Waals surface area contributed by atoms with Crippen molar-refractivity contribution in [3.63, 3.8) is 0 Å². The summed E-state index contributed by atoms with van der Waals surface area (Å²) < 4.78 is 31.1. The van der Waals surface area contributed by atoms with Gasteiger partial charge in [-0.3, -0.25) is 9.09 Å². The molecule has 3 rings (SSSR count). The summed E-state index contributed by atoms with van der Waals surface area (Å²) in [6.45, 7) is 2.02. The lowest BCUT2D eigenvalue weighted by atomic mass is 10.1. The largest absolute Gasteiger partial charge is 0.458 e. The number of nitrogen functional groups attached to an aromatic ring is 1. The van der Waals surface area contributed by atoms with Crippen LogP contribution in [0.25, 0.3) is 0 Å². The summed E-state index contributed by atoms with van der Waals surface area (Å²) in [6, 6.07) is 10.3. The summed E-state index contributed by atoms with van der Waals surface area (Å²) >= 11 is 0. The first-order valence-electron chi connectivity index (χ1n) is 8.58. The lowest BCUT2D eigenvalue weighted by Crippen LogP contribution is -2.29. The van der Waals surface area contributed by atoms with E-state index in [1.165, 1.54) is 11.6 Å². The Hall–Kier alpha value is -2.19. The van der Waals surface area contributed by atoms with Crippen LogP contribution in [0.15, 0.2) is 47.4 Å². The van der Waals surface area contributed by atoms with Crippen LogP contribution in [0, 0.1) is 5.92 Å². The summed E-state index contributed by atoms with van der Waals surface area (Å²) in [7, 11) is -2.03. The van der Waals surface area contributed by atoms with Crippen molar-refractivity contribution >= 4 is 13.6 Å². The van der Waals surface area contributed by atoms with Crippen molar-refractivity contribution in [2.75, 3.05) is 19.4 Å². The average molecular weight is 394 g/mol. The van der Waals surface area contributed by atoms with Gasteiger partial charge in [-0.15, -0.1) is 0 Å². The lowest BCUT2D eigenvalue weighted by molar-refractivity contribution is -0.0308. The third-order valence-electron chi connectivity index (χ3n) is 4.25. The van der Waals surface area contributed by atoms with Gasteiger partial charge in [0.15, 0.2) is 0 Å². The van der Waals surface area contributed by atoms with Gasteiger partial charge in [-0.05, 0) is 31.7 Å². The van der Waals surface area contributed by atoms with Gasteiger partial charge in [-0.2, -0.15) is 4.98 Å². The first-order valence-corrected chi connectivity index (χ1v) is 10.1. The molecule has 2 aromatic rings. The Morgan fingerprint density at radius 1 is 1.37 bits per heavy atom. The minimum atomic E-state index is -3.53. The van der Waals surface area contributed by atoms with E-state index in [2.05, 4.69) is 10.1 Å². The molecular weight excluding hydrogens is 371 g/mol. The molecule has 146 valence electrons. The van der Waals surface area contributed by atoms with E-state index in [9.17, 15) is 9.36 Å². The van der Waals surface area contributed by atoms with E-state index in [1.54, 1.807) is 36.5 Å². The molecule has 3 N–H and O–H groups in total. The predicted molar refractivity (Wildman–Crippen MR) is 100 cm³/mol. The zero-order chi connectivity index (χ0) is 19.4. The zero-order valence-corrected chi connectivity index (χ0v) is 16.0. The number of para-hydroxylation sites is 1. The molecule has 0 radical (unpaired) electrons. The van der Waals surface area contributed by atoms with Crippen LogP contribution >= 0.6 is 7.75 Å². The second kappa shape index (κ2) is 8.22. The highest BCUT2D eigenvalue weighted by atomic mass is 31.2. The summed E-state index contributed by atoms with van der Waals surface area (Å²) in [5.41, 5.74) is 5.05. The van der Waals surface area contributed by atoms with Crippen molar-refractivity contribution in [1.29, 1.82) is 0 Å². The molecule has 1 aliphatic rings. The van der Waals surface area contributed by atoms with Crippen molar-refractivity contribution < 1.29 is 18.3 Å². The molecule has 1 aromatic carbocycles. The fraction of sp³-hybridized carbons (Fsp3) is 0.412. The molecule has 1 saturated heterocycles. The monoisotopic (exact) mass is 394 g/mol. The molecule has 1 fully saturated rings. The summed E-state index contributed by atoms with van der Waals surface area (Å²) in [5.74, 6) is 0.647. The summed E-state index contributed by atoms with van der Waals surface area (Å²) in [5, 5.41) is 2.60. The number of rotatable bonds is 7. The smallest absolute Gasteiger partial charge is 0.413 e. The van der Waals surface area contributed by atoms with Gasteiger partial charge in [0.05, 0.1) is 12.7 Å². The maximum absolute atomic E-state index is 12.7. The Morgan fingerprint density at radius 3 is 2.78 bits per heavy atom. The van der Waals surface area contributed by atoms with E-state index in [4.69, 9.17) is 19.5 Å². The number of aromatic nitrogens is 2. The molecule has 0 spiro atoms. The number of nitrogens with one attached hydrogen (secondary N) is 1. The Labute approximate surface area is 157 Å². The van der Waals surface area contributed by atoms with Gasteiger partial charge < -0.3 is 15.0 Å². The Morgan fingerprint density at radius 2 is 2.11 bits per heavy atom.